The average Bonchev–Trinajstić information content (AvgIpc) is 2.72. The SMILES string of the molecule is CCn1c(C(=O)O)cnc1Oc1cccc(C)c1. The number of hydrogen-bond acceptors (Lipinski definition) is 3. The maximum Gasteiger partial charge on any atom is 0.354 e. The van der Waals surface area contributed by atoms with E-state index in [-0.39, 0.29) is 5.69 Å². The molecule has 0 bridgehead atoms. The lowest BCUT2D eigenvalue weighted by atomic mass is 10.2. The van der Waals surface area contributed by atoms with E-state index in [1.807, 2.05) is 38.1 Å². The molecule has 2 rings (SSSR count). The molecule has 5 nitrogen and oxygen atoms in total. The molecule has 1 heterocycles. The van der Waals surface area contributed by atoms with Crippen LogP contribution in [-0.4, -0.2) is 20.6 Å². The molecule has 18 heavy (non-hydrogen) atoms. The monoisotopic (exact) mass is 246 g/mol. The van der Waals surface area contributed by atoms with Gasteiger partial charge in [0.2, 0.25) is 0 Å². The number of ether oxygens (including phenoxy) is 1. The van der Waals surface area contributed by atoms with Crippen LogP contribution in [-0.2, 0) is 6.54 Å². The molecule has 94 valence electrons. The van der Waals surface area contributed by atoms with Gasteiger partial charge >= 0.3 is 12.0 Å². The number of carboxylic acids is 1. The summed E-state index contributed by atoms with van der Waals surface area (Å²) < 4.78 is 7.12. The van der Waals surface area contributed by atoms with E-state index in [9.17, 15) is 4.79 Å². The number of carbonyl (C=O) groups is 1. The van der Waals surface area contributed by atoms with Crippen molar-refractivity contribution in [1.29, 1.82) is 0 Å². The number of imidazole rings is 1. The van der Waals surface area contributed by atoms with Gasteiger partial charge < -0.3 is 9.84 Å². The van der Waals surface area contributed by atoms with Gasteiger partial charge in [0.15, 0.2) is 0 Å². The molecule has 0 fully saturated rings. The molecular formula is C13H14N2O3. The molecule has 0 aliphatic rings. The fourth-order valence-electron chi connectivity index (χ4n) is 1.70. The molecular weight excluding hydrogens is 232 g/mol. The lowest BCUT2D eigenvalue weighted by Gasteiger charge is -2.08. The molecule has 0 atom stereocenters. The Morgan fingerprint density at radius 2 is 2.28 bits per heavy atom. The fraction of sp³-hybridized carbons (Fsp3) is 0.231. The second-order valence-electron chi connectivity index (χ2n) is 3.89. The Labute approximate surface area is 105 Å². The van der Waals surface area contributed by atoms with Crippen LogP contribution in [0.1, 0.15) is 23.0 Å². The predicted octanol–water partition coefficient (Wildman–Crippen LogP) is 2.70. The molecule has 0 spiro atoms. The number of hydrogen-bond donors (Lipinski definition) is 1. The lowest BCUT2D eigenvalue weighted by Crippen LogP contribution is -2.08. The van der Waals surface area contributed by atoms with Gasteiger partial charge in [-0.25, -0.2) is 9.78 Å². The van der Waals surface area contributed by atoms with Crippen molar-refractivity contribution >= 4 is 5.97 Å². The van der Waals surface area contributed by atoms with Crippen LogP contribution in [0.4, 0.5) is 0 Å². The van der Waals surface area contributed by atoms with Crippen molar-refractivity contribution in [3.63, 3.8) is 0 Å². The number of nitrogens with zero attached hydrogens (tertiary/aromatic N) is 2. The minimum Gasteiger partial charge on any atom is -0.477 e. The van der Waals surface area contributed by atoms with Crippen molar-refractivity contribution in [1.82, 2.24) is 9.55 Å². The molecule has 5 heteroatoms. The highest BCUT2D eigenvalue weighted by Crippen LogP contribution is 2.22. The van der Waals surface area contributed by atoms with Crippen LogP contribution in [0.3, 0.4) is 0 Å². The summed E-state index contributed by atoms with van der Waals surface area (Å²) in [6.45, 7) is 4.29. The highest BCUT2D eigenvalue weighted by Gasteiger charge is 2.15. The van der Waals surface area contributed by atoms with Crippen LogP contribution >= 0.6 is 0 Å². The normalized spacial score (nSPS) is 10.3. The van der Waals surface area contributed by atoms with E-state index in [0.29, 0.717) is 18.3 Å². The summed E-state index contributed by atoms with van der Waals surface area (Å²) in [5.41, 5.74) is 1.20. The van der Waals surface area contributed by atoms with Gasteiger partial charge in [-0.15, -0.1) is 0 Å². The van der Waals surface area contributed by atoms with Crippen LogP contribution in [0.15, 0.2) is 30.5 Å². The fourth-order valence-corrected chi connectivity index (χ4v) is 1.70. The molecule has 0 saturated heterocycles. The first-order valence-electron chi connectivity index (χ1n) is 5.65. The molecule has 1 aromatic heterocycles. The van der Waals surface area contributed by atoms with E-state index in [4.69, 9.17) is 9.84 Å². The average molecular weight is 246 g/mol. The first kappa shape index (κ1) is 12.2. The van der Waals surface area contributed by atoms with Crippen molar-refractivity contribution < 1.29 is 14.6 Å². The van der Waals surface area contributed by atoms with Crippen LogP contribution in [0.5, 0.6) is 11.8 Å². The van der Waals surface area contributed by atoms with Crippen molar-refractivity contribution in [2.45, 2.75) is 20.4 Å². The first-order valence-corrected chi connectivity index (χ1v) is 5.65. The topological polar surface area (TPSA) is 64.4 Å². The van der Waals surface area contributed by atoms with E-state index in [2.05, 4.69) is 4.98 Å². The number of benzene rings is 1. The maximum absolute atomic E-state index is 11.0. The molecule has 0 radical (unpaired) electrons. The summed E-state index contributed by atoms with van der Waals surface area (Å²) in [5.74, 6) is -0.365. The summed E-state index contributed by atoms with van der Waals surface area (Å²) in [6, 6.07) is 7.81. The number of aromatic nitrogens is 2. The summed E-state index contributed by atoms with van der Waals surface area (Å²) in [6.07, 6.45) is 1.30. The van der Waals surface area contributed by atoms with E-state index in [0.717, 1.165) is 5.56 Å². The van der Waals surface area contributed by atoms with E-state index in [1.54, 1.807) is 0 Å². The third kappa shape index (κ3) is 2.34. The van der Waals surface area contributed by atoms with Crippen molar-refractivity contribution in [2.75, 3.05) is 0 Å². The Morgan fingerprint density at radius 3 is 2.89 bits per heavy atom. The highest BCUT2D eigenvalue weighted by molar-refractivity contribution is 5.85. The molecule has 0 aliphatic heterocycles. The van der Waals surface area contributed by atoms with Gasteiger partial charge in [-0.1, -0.05) is 12.1 Å². The Kier molecular flexibility index (Phi) is 3.32. The first-order chi connectivity index (χ1) is 8.61. The van der Waals surface area contributed by atoms with Gasteiger partial charge in [-0.05, 0) is 31.5 Å². The zero-order valence-corrected chi connectivity index (χ0v) is 10.3. The summed E-state index contributed by atoms with van der Waals surface area (Å²) in [4.78, 5) is 15.0. The quantitative estimate of drug-likeness (QED) is 0.900. The van der Waals surface area contributed by atoms with E-state index < -0.39 is 5.97 Å². The minimum absolute atomic E-state index is 0.125. The maximum atomic E-state index is 11.0. The Hall–Kier alpha value is -2.30. The van der Waals surface area contributed by atoms with Gasteiger partial charge in [0.05, 0.1) is 6.20 Å². The van der Waals surface area contributed by atoms with Crippen LogP contribution in [0.25, 0.3) is 0 Å². The van der Waals surface area contributed by atoms with Crippen LogP contribution in [0.2, 0.25) is 0 Å². The molecule has 1 aromatic carbocycles. The van der Waals surface area contributed by atoms with Crippen molar-refractivity contribution in [3.05, 3.63) is 41.7 Å². The minimum atomic E-state index is -1.01. The van der Waals surface area contributed by atoms with Gasteiger partial charge in [-0.3, -0.25) is 4.57 Å². The molecule has 0 unspecified atom stereocenters. The number of rotatable bonds is 4. The standard InChI is InChI=1S/C13H14N2O3/c1-3-15-11(12(16)17)8-14-13(15)18-10-6-4-5-9(2)7-10/h4-8H,3H2,1-2H3,(H,16,17). The molecule has 0 amide bonds. The number of aromatic carboxylic acids is 1. The lowest BCUT2D eigenvalue weighted by molar-refractivity contribution is 0.0684. The Balaban J connectivity index is 2.32. The third-order valence-corrected chi connectivity index (χ3v) is 2.55. The second kappa shape index (κ2) is 4.91. The van der Waals surface area contributed by atoms with Crippen LogP contribution < -0.4 is 4.74 Å². The van der Waals surface area contributed by atoms with E-state index >= 15 is 0 Å². The molecule has 0 aliphatic carbocycles. The number of carboxylic acid groups (broad SMARTS) is 1. The summed E-state index contributed by atoms with van der Waals surface area (Å²) in [7, 11) is 0. The zero-order chi connectivity index (χ0) is 13.1. The summed E-state index contributed by atoms with van der Waals surface area (Å²) >= 11 is 0. The Bertz CT molecular complexity index is 575. The summed E-state index contributed by atoms with van der Waals surface area (Å²) in [5, 5.41) is 9.00. The van der Waals surface area contributed by atoms with Crippen LogP contribution in [0, 0.1) is 6.92 Å². The second-order valence-corrected chi connectivity index (χ2v) is 3.89. The highest BCUT2D eigenvalue weighted by atomic mass is 16.5. The Morgan fingerprint density at radius 1 is 1.50 bits per heavy atom. The third-order valence-electron chi connectivity index (χ3n) is 2.55. The van der Waals surface area contributed by atoms with Gasteiger partial charge in [0.25, 0.3) is 0 Å². The predicted molar refractivity (Wildman–Crippen MR) is 66.1 cm³/mol. The van der Waals surface area contributed by atoms with Gasteiger partial charge in [0, 0.05) is 6.54 Å². The van der Waals surface area contributed by atoms with Gasteiger partial charge in [-0.2, -0.15) is 0 Å². The van der Waals surface area contributed by atoms with E-state index in [1.165, 1.54) is 10.8 Å². The largest absolute Gasteiger partial charge is 0.477 e. The molecule has 0 saturated carbocycles. The molecule has 1 N–H and O–H groups in total. The van der Waals surface area contributed by atoms with Gasteiger partial charge in [0.1, 0.15) is 11.4 Å². The zero-order valence-electron chi connectivity index (χ0n) is 10.3. The van der Waals surface area contributed by atoms with Crippen molar-refractivity contribution in [3.8, 4) is 11.8 Å². The molecule has 2 aromatic rings. The number of aryl methyl sites for hydroxylation is 1. The smallest absolute Gasteiger partial charge is 0.354 e. The van der Waals surface area contributed by atoms with Crippen molar-refractivity contribution in [2.24, 2.45) is 0 Å².